The molecule has 0 radical (unpaired) electrons. The molecule has 1 aromatic rings. The Hall–Kier alpha value is -0.300. The van der Waals surface area contributed by atoms with Crippen LogP contribution in [0.2, 0.25) is 4.47 Å². The van der Waals surface area contributed by atoms with Crippen molar-refractivity contribution in [3.63, 3.8) is 0 Å². The zero-order valence-electron chi connectivity index (χ0n) is 7.14. The largest absolute Gasteiger partial charge is 0.480 e. The van der Waals surface area contributed by atoms with Gasteiger partial charge in [0.25, 0.3) is 0 Å². The molecule has 0 amide bonds. The lowest BCUT2D eigenvalue weighted by Crippen LogP contribution is -2.32. The van der Waals surface area contributed by atoms with Crippen molar-refractivity contribution in [1.82, 2.24) is 4.98 Å². The van der Waals surface area contributed by atoms with Crippen LogP contribution in [0.15, 0.2) is 6.20 Å². The summed E-state index contributed by atoms with van der Waals surface area (Å²) in [5, 5.41) is 8.51. The lowest BCUT2D eigenvalue weighted by molar-refractivity contribution is -0.137. The zero-order valence-corrected chi connectivity index (χ0v) is 9.53. The van der Waals surface area contributed by atoms with Crippen LogP contribution in [0, 0.1) is 0 Å². The number of thioether (sulfide) groups is 1. The third kappa shape index (κ3) is 3.83. The molecule has 0 fully saturated rings. The van der Waals surface area contributed by atoms with Crippen LogP contribution in [0.5, 0.6) is 0 Å². The maximum Gasteiger partial charge on any atom is 0.321 e. The van der Waals surface area contributed by atoms with Crippen molar-refractivity contribution in [3.8, 4) is 0 Å². The molecule has 4 nitrogen and oxygen atoms in total. The third-order valence-electron chi connectivity index (χ3n) is 1.38. The molecular weight excluding hydrogens is 244 g/mol. The molecule has 0 saturated heterocycles. The Morgan fingerprint density at radius 3 is 3.07 bits per heavy atom. The molecule has 1 aromatic heterocycles. The standard InChI is InChI=1S/C7H9ClN2O2S2/c8-7-10-1-4(14-7)2-13-3-5(9)6(11)12/h1,5H,2-3,9H2,(H,11,12). The summed E-state index contributed by atoms with van der Waals surface area (Å²) < 4.78 is 0.503. The molecule has 0 aliphatic heterocycles. The van der Waals surface area contributed by atoms with Crippen LogP contribution in [0.1, 0.15) is 4.88 Å². The summed E-state index contributed by atoms with van der Waals surface area (Å²) >= 11 is 8.49. The molecule has 7 heteroatoms. The van der Waals surface area contributed by atoms with Crippen molar-refractivity contribution in [2.24, 2.45) is 5.73 Å². The highest BCUT2D eigenvalue weighted by atomic mass is 35.5. The van der Waals surface area contributed by atoms with Crippen molar-refractivity contribution in [2.75, 3.05) is 5.75 Å². The molecule has 0 spiro atoms. The molecule has 0 aliphatic rings. The first-order chi connectivity index (χ1) is 6.59. The number of aliphatic carboxylic acids is 1. The monoisotopic (exact) mass is 252 g/mol. The molecule has 0 saturated carbocycles. The number of hydrogen-bond donors (Lipinski definition) is 2. The van der Waals surface area contributed by atoms with Gasteiger partial charge in [-0.1, -0.05) is 11.6 Å². The highest BCUT2D eigenvalue weighted by Gasteiger charge is 2.11. The number of nitrogens with two attached hydrogens (primary N) is 1. The quantitative estimate of drug-likeness (QED) is 0.829. The van der Waals surface area contributed by atoms with Gasteiger partial charge in [0, 0.05) is 22.6 Å². The van der Waals surface area contributed by atoms with Gasteiger partial charge in [-0.2, -0.15) is 11.8 Å². The molecule has 0 aliphatic carbocycles. The SMILES string of the molecule is NC(CSCc1cnc(Cl)s1)C(=O)O. The van der Waals surface area contributed by atoms with Gasteiger partial charge in [0.05, 0.1) is 0 Å². The number of carbonyl (C=O) groups is 1. The lowest BCUT2D eigenvalue weighted by atomic mass is 10.4. The molecule has 1 rings (SSSR count). The summed E-state index contributed by atoms with van der Waals surface area (Å²) in [4.78, 5) is 15.3. The van der Waals surface area contributed by atoms with E-state index in [2.05, 4.69) is 4.98 Å². The van der Waals surface area contributed by atoms with E-state index >= 15 is 0 Å². The highest BCUT2D eigenvalue weighted by molar-refractivity contribution is 7.98. The zero-order chi connectivity index (χ0) is 10.6. The van der Waals surface area contributed by atoms with E-state index in [1.165, 1.54) is 23.1 Å². The average Bonchev–Trinajstić information content (AvgIpc) is 2.51. The number of carboxylic acid groups (broad SMARTS) is 1. The molecule has 14 heavy (non-hydrogen) atoms. The van der Waals surface area contributed by atoms with Crippen LogP contribution >= 0.6 is 34.7 Å². The van der Waals surface area contributed by atoms with E-state index in [4.69, 9.17) is 22.4 Å². The van der Waals surface area contributed by atoms with Crippen molar-refractivity contribution < 1.29 is 9.90 Å². The van der Waals surface area contributed by atoms with Crippen molar-refractivity contribution in [1.29, 1.82) is 0 Å². The Morgan fingerprint density at radius 2 is 2.57 bits per heavy atom. The molecule has 0 bridgehead atoms. The van der Waals surface area contributed by atoms with Gasteiger partial charge in [0.2, 0.25) is 0 Å². The number of aromatic nitrogens is 1. The first kappa shape index (κ1) is 11.8. The summed E-state index contributed by atoms with van der Waals surface area (Å²) in [5.41, 5.74) is 5.33. The van der Waals surface area contributed by atoms with Gasteiger partial charge >= 0.3 is 5.97 Å². The maximum absolute atomic E-state index is 10.4. The molecule has 1 heterocycles. The number of halogens is 1. The Morgan fingerprint density at radius 1 is 1.86 bits per heavy atom. The number of nitrogens with zero attached hydrogens (tertiary/aromatic N) is 1. The Kier molecular flexibility index (Phi) is 4.67. The van der Waals surface area contributed by atoms with Gasteiger partial charge < -0.3 is 10.8 Å². The second-order valence-corrected chi connectivity index (χ2v) is 5.27. The van der Waals surface area contributed by atoms with E-state index in [0.717, 1.165) is 4.88 Å². The lowest BCUT2D eigenvalue weighted by Gasteiger charge is -2.03. The first-order valence-electron chi connectivity index (χ1n) is 3.76. The van der Waals surface area contributed by atoms with Crippen molar-refractivity contribution >= 4 is 40.7 Å². The van der Waals surface area contributed by atoms with Crippen molar-refractivity contribution in [2.45, 2.75) is 11.8 Å². The number of rotatable bonds is 5. The van der Waals surface area contributed by atoms with Crippen LogP contribution in [-0.4, -0.2) is 27.9 Å². The minimum atomic E-state index is -0.972. The molecule has 1 unspecified atom stereocenters. The Balaban J connectivity index is 2.25. The van der Waals surface area contributed by atoms with E-state index in [0.29, 0.717) is 16.0 Å². The minimum absolute atomic E-state index is 0.394. The van der Waals surface area contributed by atoms with E-state index in [1.54, 1.807) is 6.20 Å². The van der Waals surface area contributed by atoms with Gasteiger partial charge in [-0.3, -0.25) is 4.79 Å². The van der Waals surface area contributed by atoms with Crippen LogP contribution in [0.25, 0.3) is 0 Å². The van der Waals surface area contributed by atoms with Crippen LogP contribution in [-0.2, 0) is 10.5 Å². The van der Waals surface area contributed by atoms with Gasteiger partial charge in [-0.25, -0.2) is 4.98 Å². The van der Waals surface area contributed by atoms with Crippen LogP contribution < -0.4 is 5.73 Å². The van der Waals surface area contributed by atoms with Gasteiger partial charge in [0.15, 0.2) is 4.47 Å². The number of hydrogen-bond acceptors (Lipinski definition) is 5. The second-order valence-electron chi connectivity index (χ2n) is 2.54. The minimum Gasteiger partial charge on any atom is -0.480 e. The topological polar surface area (TPSA) is 76.2 Å². The van der Waals surface area contributed by atoms with E-state index < -0.39 is 12.0 Å². The number of thiazole rings is 1. The molecular formula is C7H9ClN2O2S2. The van der Waals surface area contributed by atoms with Gasteiger partial charge in [-0.15, -0.1) is 11.3 Å². The highest BCUT2D eigenvalue weighted by Crippen LogP contribution is 2.22. The summed E-state index contributed by atoms with van der Waals surface area (Å²) in [6.45, 7) is 0. The second kappa shape index (κ2) is 5.55. The Labute approximate surface area is 94.5 Å². The predicted octanol–water partition coefficient (Wildman–Crippen LogP) is 1.44. The summed E-state index contributed by atoms with van der Waals surface area (Å²) in [6, 6.07) is -0.802. The van der Waals surface area contributed by atoms with Gasteiger partial charge in [0.1, 0.15) is 6.04 Å². The van der Waals surface area contributed by atoms with E-state index in [9.17, 15) is 4.79 Å². The smallest absolute Gasteiger partial charge is 0.321 e. The molecule has 0 aromatic carbocycles. The van der Waals surface area contributed by atoms with Crippen LogP contribution in [0.3, 0.4) is 0 Å². The predicted molar refractivity (Wildman–Crippen MR) is 58.9 cm³/mol. The average molecular weight is 253 g/mol. The normalized spacial score (nSPS) is 12.7. The first-order valence-corrected chi connectivity index (χ1v) is 6.11. The van der Waals surface area contributed by atoms with E-state index in [-0.39, 0.29) is 0 Å². The fraction of sp³-hybridized carbons (Fsp3) is 0.429. The fourth-order valence-corrected chi connectivity index (χ4v) is 2.76. The van der Waals surface area contributed by atoms with Crippen LogP contribution in [0.4, 0.5) is 0 Å². The summed E-state index contributed by atoms with van der Waals surface area (Å²) in [6.07, 6.45) is 1.69. The third-order valence-corrected chi connectivity index (χ3v) is 3.79. The Bertz CT molecular complexity index is 318. The van der Waals surface area contributed by atoms with E-state index in [1.807, 2.05) is 0 Å². The summed E-state index contributed by atoms with van der Waals surface area (Å²) in [7, 11) is 0. The fourth-order valence-electron chi connectivity index (χ4n) is 0.708. The van der Waals surface area contributed by atoms with Gasteiger partial charge in [-0.05, 0) is 0 Å². The molecule has 3 N–H and O–H groups in total. The molecule has 1 atom stereocenters. The summed E-state index contributed by atoms with van der Waals surface area (Å²) in [5.74, 6) is 0.121. The molecule has 78 valence electrons. The maximum atomic E-state index is 10.4. The van der Waals surface area contributed by atoms with Crippen molar-refractivity contribution in [3.05, 3.63) is 15.5 Å². The number of carboxylic acids is 1.